The molecule has 1 atom stereocenters. The van der Waals surface area contributed by atoms with Crippen molar-refractivity contribution in [3.8, 4) is 0 Å². The molecule has 130 valence electrons. The summed E-state index contributed by atoms with van der Waals surface area (Å²) in [4.78, 5) is 39.1. The predicted octanol–water partition coefficient (Wildman–Crippen LogP) is 3.29. The number of amides is 3. The van der Waals surface area contributed by atoms with Gasteiger partial charge < -0.3 is 4.90 Å². The molecule has 0 saturated carbocycles. The molecule has 1 aliphatic heterocycles. The number of rotatable bonds is 7. The lowest BCUT2D eigenvalue weighted by atomic mass is 10.1. The largest absolute Gasteiger partial charge is 0.336 e. The van der Waals surface area contributed by atoms with Crippen molar-refractivity contribution in [2.75, 3.05) is 13.1 Å². The summed E-state index contributed by atoms with van der Waals surface area (Å²) in [5.41, 5.74) is 1.05. The van der Waals surface area contributed by atoms with E-state index in [0.717, 1.165) is 16.5 Å². The first-order valence-corrected chi connectivity index (χ1v) is 9.12. The molecular formula is C18H23BrN2O3. The van der Waals surface area contributed by atoms with Crippen LogP contribution in [0.5, 0.6) is 0 Å². The highest BCUT2D eigenvalue weighted by molar-refractivity contribution is 9.10. The number of hydrogen-bond acceptors (Lipinski definition) is 3. The van der Waals surface area contributed by atoms with Gasteiger partial charge in [-0.3, -0.25) is 19.3 Å². The van der Waals surface area contributed by atoms with Crippen molar-refractivity contribution in [3.63, 3.8) is 0 Å². The highest BCUT2D eigenvalue weighted by atomic mass is 79.9. The Morgan fingerprint density at radius 2 is 1.88 bits per heavy atom. The summed E-state index contributed by atoms with van der Waals surface area (Å²) in [6.45, 7) is 4.85. The fourth-order valence-corrected chi connectivity index (χ4v) is 3.60. The minimum Gasteiger partial charge on any atom is -0.336 e. The standard InChI is InChI=1S/C18H23BrN2O3/c1-3-11-20(13(2)14-6-4-5-7-15(14)19)18(24)10-12-21-16(22)8-9-17(21)23/h4-7,13H,3,8-12H2,1-2H3/t13-/m1/s1. The van der Waals surface area contributed by atoms with Crippen molar-refractivity contribution in [3.05, 3.63) is 34.3 Å². The first-order chi connectivity index (χ1) is 11.5. The molecule has 0 N–H and O–H groups in total. The molecule has 1 saturated heterocycles. The average molecular weight is 395 g/mol. The maximum absolute atomic E-state index is 12.7. The summed E-state index contributed by atoms with van der Waals surface area (Å²) in [6.07, 6.45) is 1.55. The topological polar surface area (TPSA) is 57.7 Å². The van der Waals surface area contributed by atoms with Crippen molar-refractivity contribution in [1.82, 2.24) is 9.80 Å². The lowest BCUT2D eigenvalue weighted by Crippen LogP contribution is -2.38. The van der Waals surface area contributed by atoms with Gasteiger partial charge in [0.2, 0.25) is 17.7 Å². The van der Waals surface area contributed by atoms with Crippen molar-refractivity contribution < 1.29 is 14.4 Å². The van der Waals surface area contributed by atoms with Crippen LogP contribution in [0.3, 0.4) is 0 Å². The van der Waals surface area contributed by atoms with Crippen LogP contribution in [-0.2, 0) is 14.4 Å². The molecule has 24 heavy (non-hydrogen) atoms. The van der Waals surface area contributed by atoms with Gasteiger partial charge in [-0.1, -0.05) is 41.1 Å². The van der Waals surface area contributed by atoms with Crippen LogP contribution in [0.1, 0.15) is 51.1 Å². The van der Waals surface area contributed by atoms with E-state index in [4.69, 9.17) is 0 Å². The molecule has 3 amide bonds. The van der Waals surface area contributed by atoms with Crippen LogP contribution in [0.2, 0.25) is 0 Å². The molecule has 1 fully saturated rings. The maximum atomic E-state index is 12.7. The van der Waals surface area contributed by atoms with E-state index in [1.165, 1.54) is 4.90 Å². The summed E-state index contributed by atoms with van der Waals surface area (Å²) in [5, 5.41) is 0. The molecule has 0 radical (unpaired) electrons. The Hall–Kier alpha value is -1.69. The van der Waals surface area contributed by atoms with E-state index in [-0.39, 0.29) is 49.6 Å². The zero-order chi connectivity index (χ0) is 17.7. The molecule has 1 heterocycles. The van der Waals surface area contributed by atoms with Gasteiger partial charge in [0.25, 0.3) is 0 Å². The van der Waals surface area contributed by atoms with E-state index in [1.807, 2.05) is 43.0 Å². The summed E-state index contributed by atoms with van der Waals surface area (Å²) < 4.78 is 0.969. The van der Waals surface area contributed by atoms with Crippen molar-refractivity contribution in [1.29, 1.82) is 0 Å². The van der Waals surface area contributed by atoms with Crippen LogP contribution < -0.4 is 0 Å². The molecule has 0 aliphatic carbocycles. The summed E-state index contributed by atoms with van der Waals surface area (Å²) >= 11 is 3.54. The van der Waals surface area contributed by atoms with E-state index in [1.54, 1.807) is 0 Å². The molecular weight excluding hydrogens is 372 g/mol. The molecule has 1 aliphatic rings. The molecule has 6 heteroatoms. The number of likely N-dealkylation sites (tertiary alicyclic amines) is 1. The normalized spacial score (nSPS) is 15.7. The van der Waals surface area contributed by atoms with Crippen LogP contribution in [0, 0.1) is 0 Å². The van der Waals surface area contributed by atoms with Crippen molar-refractivity contribution >= 4 is 33.7 Å². The SMILES string of the molecule is CCCN(C(=O)CCN1C(=O)CCC1=O)[C@H](C)c1ccccc1Br. The monoisotopic (exact) mass is 394 g/mol. The van der Waals surface area contributed by atoms with Gasteiger partial charge in [0, 0.05) is 36.8 Å². The molecule has 2 rings (SSSR count). The fraction of sp³-hybridized carbons (Fsp3) is 0.500. The van der Waals surface area contributed by atoms with Crippen LogP contribution in [0.25, 0.3) is 0 Å². The van der Waals surface area contributed by atoms with Crippen LogP contribution in [0.4, 0.5) is 0 Å². The lowest BCUT2D eigenvalue weighted by Gasteiger charge is -2.30. The molecule has 5 nitrogen and oxygen atoms in total. The number of carbonyl (C=O) groups excluding carboxylic acids is 3. The molecule has 1 aromatic carbocycles. The van der Waals surface area contributed by atoms with Crippen LogP contribution in [-0.4, -0.2) is 40.6 Å². The van der Waals surface area contributed by atoms with E-state index in [0.29, 0.717) is 6.54 Å². The number of halogens is 1. The Labute approximate surface area is 151 Å². The third-order valence-corrected chi connectivity index (χ3v) is 5.03. The smallest absolute Gasteiger partial charge is 0.229 e. The first kappa shape index (κ1) is 18.6. The molecule has 0 aromatic heterocycles. The van der Waals surface area contributed by atoms with Gasteiger partial charge in [-0.2, -0.15) is 0 Å². The number of carbonyl (C=O) groups is 3. The highest BCUT2D eigenvalue weighted by Crippen LogP contribution is 2.28. The summed E-state index contributed by atoms with van der Waals surface area (Å²) in [5.74, 6) is -0.380. The lowest BCUT2D eigenvalue weighted by molar-refractivity contribution is -0.139. The second kappa shape index (κ2) is 8.42. The molecule has 1 aromatic rings. The van der Waals surface area contributed by atoms with Crippen LogP contribution >= 0.6 is 15.9 Å². The van der Waals surface area contributed by atoms with E-state index >= 15 is 0 Å². The minimum atomic E-state index is -0.173. The molecule has 0 unspecified atom stereocenters. The predicted molar refractivity (Wildman–Crippen MR) is 95.1 cm³/mol. The number of nitrogens with zero attached hydrogens (tertiary/aromatic N) is 2. The quantitative estimate of drug-likeness (QED) is 0.666. The van der Waals surface area contributed by atoms with Gasteiger partial charge in [0.1, 0.15) is 0 Å². The zero-order valence-electron chi connectivity index (χ0n) is 14.1. The van der Waals surface area contributed by atoms with Gasteiger partial charge in [-0.15, -0.1) is 0 Å². The second-order valence-electron chi connectivity index (χ2n) is 5.97. The van der Waals surface area contributed by atoms with Gasteiger partial charge in [0.05, 0.1) is 6.04 Å². The van der Waals surface area contributed by atoms with E-state index in [2.05, 4.69) is 15.9 Å². The third-order valence-electron chi connectivity index (χ3n) is 4.31. The van der Waals surface area contributed by atoms with E-state index in [9.17, 15) is 14.4 Å². The first-order valence-electron chi connectivity index (χ1n) is 8.32. The zero-order valence-corrected chi connectivity index (χ0v) is 15.7. The number of benzene rings is 1. The Morgan fingerprint density at radius 3 is 2.46 bits per heavy atom. The van der Waals surface area contributed by atoms with Crippen molar-refractivity contribution in [2.45, 2.75) is 45.6 Å². The maximum Gasteiger partial charge on any atom is 0.229 e. The average Bonchev–Trinajstić information content (AvgIpc) is 2.88. The Bertz CT molecular complexity index is 616. The fourth-order valence-electron chi connectivity index (χ4n) is 2.98. The summed E-state index contributed by atoms with van der Waals surface area (Å²) in [6, 6.07) is 7.78. The minimum absolute atomic E-state index is 0.0346. The Balaban J connectivity index is 2.06. The Kier molecular flexibility index (Phi) is 6.54. The van der Waals surface area contributed by atoms with Gasteiger partial charge in [0.15, 0.2) is 0 Å². The second-order valence-corrected chi connectivity index (χ2v) is 6.83. The van der Waals surface area contributed by atoms with Crippen molar-refractivity contribution in [2.24, 2.45) is 0 Å². The Morgan fingerprint density at radius 1 is 1.25 bits per heavy atom. The summed E-state index contributed by atoms with van der Waals surface area (Å²) in [7, 11) is 0. The van der Waals surface area contributed by atoms with Gasteiger partial charge in [-0.25, -0.2) is 0 Å². The number of imide groups is 1. The molecule has 0 bridgehead atoms. The molecule has 0 spiro atoms. The van der Waals surface area contributed by atoms with E-state index < -0.39 is 0 Å². The number of hydrogen-bond donors (Lipinski definition) is 0. The third kappa shape index (κ3) is 4.23. The van der Waals surface area contributed by atoms with Gasteiger partial charge in [-0.05, 0) is 25.0 Å². The highest BCUT2D eigenvalue weighted by Gasteiger charge is 2.30. The van der Waals surface area contributed by atoms with Gasteiger partial charge >= 0.3 is 0 Å². The van der Waals surface area contributed by atoms with Crippen LogP contribution in [0.15, 0.2) is 28.7 Å².